The molecule has 0 saturated heterocycles. The highest BCUT2D eigenvalue weighted by Gasteiger charge is 2.33. The summed E-state index contributed by atoms with van der Waals surface area (Å²) in [5.41, 5.74) is 1.15. The first-order chi connectivity index (χ1) is 14.0. The average molecular weight is 424 g/mol. The summed E-state index contributed by atoms with van der Waals surface area (Å²) in [6, 6.07) is 7.90. The molecule has 0 saturated carbocycles. The third kappa shape index (κ3) is 6.18. The van der Waals surface area contributed by atoms with E-state index in [1.807, 2.05) is 31.2 Å². The summed E-state index contributed by atoms with van der Waals surface area (Å²) >= 11 is 1.02. The fourth-order valence-electron chi connectivity index (χ4n) is 2.75. The van der Waals surface area contributed by atoms with Crippen molar-refractivity contribution in [3.63, 3.8) is 0 Å². The molecule has 1 aromatic carbocycles. The van der Waals surface area contributed by atoms with E-state index < -0.39 is 11.9 Å². The maximum atomic E-state index is 12.6. The van der Waals surface area contributed by atoms with Crippen LogP contribution >= 0.6 is 11.3 Å². The van der Waals surface area contributed by atoms with Gasteiger partial charge in [0, 0.05) is 37.9 Å². The van der Waals surface area contributed by atoms with Gasteiger partial charge in [-0.05, 0) is 25.5 Å². The molecule has 0 unspecified atom stereocenters. The Kier molecular flexibility index (Phi) is 7.08. The molecule has 0 aliphatic carbocycles. The van der Waals surface area contributed by atoms with Crippen molar-refractivity contribution in [3.05, 3.63) is 46.2 Å². The summed E-state index contributed by atoms with van der Waals surface area (Å²) in [5.74, 6) is 1.58. The molecular weight excluding hydrogens is 401 g/mol. The second-order valence-corrected chi connectivity index (χ2v) is 7.31. The number of benzene rings is 1. The molecule has 3 N–H and O–H groups in total. The van der Waals surface area contributed by atoms with E-state index in [1.165, 1.54) is 0 Å². The van der Waals surface area contributed by atoms with Crippen LogP contribution in [0.2, 0.25) is 0 Å². The number of fused-ring (bicyclic) bond motifs is 1. The molecule has 0 fully saturated rings. The van der Waals surface area contributed by atoms with Crippen molar-refractivity contribution in [2.24, 2.45) is 4.99 Å². The number of para-hydroxylation sites is 2. The average Bonchev–Trinajstić information content (AvgIpc) is 3.31. The lowest BCUT2D eigenvalue weighted by Gasteiger charge is -2.10. The zero-order valence-electron chi connectivity index (χ0n) is 16.0. The molecule has 10 heteroatoms. The van der Waals surface area contributed by atoms with E-state index in [0.29, 0.717) is 37.0 Å². The molecule has 0 aliphatic heterocycles. The van der Waals surface area contributed by atoms with Crippen LogP contribution in [0.1, 0.15) is 29.9 Å². The highest BCUT2D eigenvalue weighted by atomic mass is 32.1. The minimum atomic E-state index is -4.39. The second-order valence-electron chi connectivity index (χ2n) is 6.37. The fourth-order valence-corrected chi connectivity index (χ4v) is 3.55. The molecule has 0 bridgehead atoms. The third-order valence-electron chi connectivity index (χ3n) is 4.10. The van der Waals surface area contributed by atoms with Crippen LogP contribution in [-0.2, 0) is 19.0 Å². The van der Waals surface area contributed by atoms with Gasteiger partial charge in [-0.3, -0.25) is 4.99 Å². The topological polar surface area (TPSA) is 78.0 Å². The molecule has 2 heterocycles. The van der Waals surface area contributed by atoms with Gasteiger partial charge in [0.25, 0.3) is 0 Å². The number of alkyl halides is 3. The minimum absolute atomic E-state index is 0.407. The third-order valence-corrected chi connectivity index (χ3v) is 5.01. The maximum absolute atomic E-state index is 12.6. The Bertz CT molecular complexity index is 914. The van der Waals surface area contributed by atoms with E-state index in [9.17, 15) is 13.2 Å². The number of rotatable bonds is 8. The number of nitrogens with zero attached hydrogens (tertiary/aromatic N) is 3. The van der Waals surface area contributed by atoms with Crippen molar-refractivity contribution in [1.82, 2.24) is 25.6 Å². The van der Waals surface area contributed by atoms with Crippen molar-refractivity contribution in [3.8, 4) is 0 Å². The van der Waals surface area contributed by atoms with Gasteiger partial charge >= 0.3 is 6.18 Å². The molecule has 0 spiro atoms. The Morgan fingerprint density at radius 2 is 2.00 bits per heavy atom. The van der Waals surface area contributed by atoms with E-state index in [2.05, 4.69) is 30.6 Å². The standard InChI is InChI=1S/C19H23F3N6S/c1-2-23-18(25-11-9-17-28-15(12-29-17)19(20,21)22)24-10-5-8-16-26-13-6-3-4-7-14(13)27-16/h3-4,6-7,12H,2,5,8-11H2,1H3,(H,26,27)(H2,23,24,25). The van der Waals surface area contributed by atoms with E-state index in [4.69, 9.17) is 0 Å². The Balaban J connectivity index is 1.44. The first kappa shape index (κ1) is 21.1. The van der Waals surface area contributed by atoms with Gasteiger partial charge in [0.05, 0.1) is 16.0 Å². The van der Waals surface area contributed by atoms with Crippen molar-refractivity contribution in [2.45, 2.75) is 32.4 Å². The van der Waals surface area contributed by atoms with Crippen LogP contribution in [0.5, 0.6) is 0 Å². The van der Waals surface area contributed by atoms with Gasteiger partial charge < -0.3 is 15.6 Å². The molecule has 29 heavy (non-hydrogen) atoms. The highest BCUT2D eigenvalue weighted by molar-refractivity contribution is 7.09. The minimum Gasteiger partial charge on any atom is -0.357 e. The highest BCUT2D eigenvalue weighted by Crippen LogP contribution is 2.29. The Labute approximate surface area is 170 Å². The molecular formula is C19H23F3N6S. The lowest BCUT2D eigenvalue weighted by molar-refractivity contribution is -0.140. The summed E-state index contributed by atoms with van der Waals surface area (Å²) in [6.07, 6.45) is -2.36. The van der Waals surface area contributed by atoms with Crippen LogP contribution < -0.4 is 10.6 Å². The summed E-state index contributed by atoms with van der Waals surface area (Å²) < 4.78 is 37.8. The Hall–Kier alpha value is -2.62. The van der Waals surface area contributed by atoms with Crippen LogP contribution in [0.4, 0.5) is 13.2 Å². The van der Waals surface area contributed by atoms with Gasteiger partial charge in [-0.2, -0.15) is 13.2 Å². The summed E-state index contributed by atoms with van der Waals surface area (Å²) in [5, 5.41) is 7.77. The number of nitrogens with one attached hydrogen (secondary N) is 3. The van der Waals surface area contributed by atoms with Crippen LogP contribution in [0.3, 0.4) is 0 Å². The number of guanidine groups is 1. The van der Waals surface area contributed by atoms with Crippen molar-refractivity contribution in [2.75, 3.05) is 19.6 Å². The van der Waals surface area contributed by atoms with Gasteiger partial charge in [0.1, 0.15) is 5.82 Å². The zero-order valence-corrected chi connectivity index (χ0v) is 16.8. The predicted octanol–water partition coefficient (Wildman–Crippen LogP) is 3.77. The van der Waals surface area contributed by atoms with Crippen LogP contribution in [0, 0.1) is 0 Å². The van der Waals surface area contributed by atoms with Gasteiger partial charge in [-0.25, -0.2) is 9.97 Å². The lowest BCUT2D eigenvalue weighted by atomic mass is 10.3. The van der Waals surface area contributed by atoms with E-state index in [-0.39, 0.29) is 0 Å². The number of hydrogen-bond donors (Lipinski definition) is 3. The number of aromatic nitrogens is 3. The summed E-state index contributed by atoms with van der Waals surface area (Å²) in [7, 11) is 0. The molecule has 3 rings (SSSR count). The summed E-state index contributed by atoms with van der Waals surface area (Å²) in [4.78, 5) is 16.0. The van der Waals surface area contributed by atoms with Gasteiger partial charge in [-0.1, -0.05) is 12.1 Å². The summed E-state index contributed by atoms with van der Waals surface area (Å²) in [6.45, 7) is 3.73. The number of aliphatic imine (C=N–C) groups is 1. The second kappa shape index (κ2) is 9.73. The SMILES string of the molecule is CCNC(=NCCCc1nc2ccccc2[nH]1)NCCc1nc(C(F)(F)F)cs1. The number of thiazole rings is 1. The first-order valence-electron chi connectivity index (χ1n) is 9.43. The molecule has 0 atom stereocenters. The molecule has 156 valence electrons. The fraction of sp³-hybridized carbons (Fsp3) is 0.421. The van der Waals surface area contributed by atoms with Crippen molar-refractivity contribution in [1.29, 1.82) is 0 Å². The van der Waals surface area contributed by atoms with Crippen LogP contribution in [0.15, 0.2) is 34.6 Å². The van der Waals surface area contributed by atoms with Crippen LogP contribution in [-0.4, -0.2) is 40.5 Å². The lowest BCUT2D eigenvalue weighted by Crippen LogP contribution is -2.38. The number of aromatic amines is 1. The van der Waals surface area contributed by atoms with E-state index in [0.717, 1.165) is 46.4 Å². The molecule has 0 aliphatic rings. The maximum Gasteiger partial charge on any atom is 0.434 e. The Morgan fingerprint density at radius 3 is 2.72 bits per heavy atom. The molecule has 0 radical (unpaired) electrons. The van der Waals surface area contributed by atoms with E-state index in [1.54, 1.807) is 0 Å². The number of aryl methyl sites for hydroxylation is 1. The van der Waals surface area contributed by atoms with Crippen LogP contribution in [0.25, 0.3) is 11.0 Å². The first-order valence-corrected chi connectivity index (χ1v) is 10.3. The molecule has 6 nitrogen and oxygen atoms in total. The van der Waals surface area contributed by atoms with E-state index >= 15 is 0 Å². The van der Waals surface area contributed by atoms with Gasteiger partial charge in [0.15, 0.2) is 11.7 Å². The Morgan fingerprint density at radius 1 is 1.17 bits per heavy atom. The number of H-pyrrole nitrogens is 1. The molecule has 0 amide bonds. The molecule has 2 aromatic heterocycles. The normalized spacial score (nSPS) is 12.5. The number of imidazole rings is 1. The van der Waals surface area contributed by atoms with Crippen molar-refractivity contribution >= 4 is 28.3 Å². The van der Waals surface area contributed by atoms with Crippen molar-refractivity contribution < 1.29 is 13.2 Å². The van der Waals surface area contributed by atoms with Gasteiger partial charge in [-0.15, -0.1) is 11.3 Å². The largest absolute Gasteiger partial charge is 0.434 e. The smallest absolute Gasteiger partial charge is 0.357 e. The predicted molar refractivity (Wildman–Crippen MR) is 109 cm³/mol. The zero-order chi connectivity index (χ0) is 20.7. The van der Waals surface area contributed by atoms with Gasteiger partial charge in [0.2, 0.25) is 0 Å². The quantitative estimate of drug-likeness (QED) is 0.292. The number of halogens is 3. The number of hydrogen-bond acceptors (Lipinski definition) is 4. The monoisotopic (exact) mass is 424 g/mol. The molecule has 3 aromatic rings.